The number of carbonyl (C=O) groups is 1. The minimum Gasteiger partial charge on any atom is -0.321 e. The van der Waals surface area contributed by atoms with Crippen LogP contribution in [0.25, 0.3) is 11.3 Å². The predicted octanol–water partition coefficient (Wildman–Crippen LogP) is 4.29. The third-order valence-electron chi connectivity index (χ3n) is 4.14. The average molecular weight is 362 g/mol. The molecule has 0 aliphatic heterocycles. The minimum atomic E-state index is -0.519. The van der Waals surface area contributed by atoms with Crippen LogP contribution in [0.15, 0.2) is 29.6 Å². The highest BCUT2D eigenvalue weighted by Gasteiger charge is 2.27. The molecule has 2 aromatic heterocycles. The molecule has 2 heterocycles. The zero-order valence-corrected chi connectivity index (χ0v) is 14.3. The summed E-state index contributed by atoms with van der Waals surface area (Å²) in [6, 6.07) is 6.16. The van der Waals surface area contributed by atoms with Crippen LogP contribution in [0.1, 0.15) is 20.9 Å². The summed E-state index contributed by atoms with van der Waals surface area (Å²) in [5.41, 5.74) is 3.96. The van der Waals surface area contributed by atoms with Crippen molar-refractivity contribution in [3.63, 3.8) is 0 Å². The standard InChI is InChI=1S/C17H13ClFN3OS/c1-22-16-10-6-7-24-14(10)5-3-11(16)15(21-22)17(23)20-9-2-4-13(19)12(18)8-9/h2,4,6-8H,3,5H2,1H3,(H,20,23). The van der Waals surface area contributed by atoms with Gasteiger partial charge in [0.25, 0.3) is 5.91 Å². The van der Waals surface area contributed by atoms with Gasteiger partial charge in [-0.15, -0.1) is 11.3 Å². The van der Waals surface area contributed by atoms with E-state index in [1.807, 2.05) is 7.05 Å². The molecule has 0 fully saturated rings. The molecule has 0 spiro atoms. The van der Waals surface area contributed by atoms with E-state index in [2.05, 4.69) is 21.9 Å². The molecule has 1 amide bonds. The number of rotatable bonds is 2. The molecule has 1 aliphatic carbocycles. The quantitative estimate of drug-likeness (QED) is 0.740. The molecule has 24 heavy (non-hydrogen) atoms. The highest BCUT2D eigenvalue weighted by molar-refractivity contribution is 7.10. The van der Waals surface area contributed by atoms with Crippen molar-refractivity contribution in [1.29, 1.82) is 0 Å². The summed E-state index contributed by atoms with van der Waals surface area (Å²) in [5, 5.41) is 9.19. The summed E-state index contributed by atoms with van der Waals surface area (Å²) in [6.45, 7) is 0. The minimum absolute atomic E-state index is 0.0289. The molecule has 0 radical (unpaired) electrons. The van der Waals surface area contributed by atoms with Crippen LogP contribution in [0, 0.1) is 5.82 Å². The maximum Gasteiger partial charge on any atom is 0.276 e. The Morgan fingerprint density at radius 3 is 3.00 bits per heavy atom. The highest BCUT2D eigenvalue weighted by atomic mass is 35.5. The molecular formula is C17H13ClFN3OS. The number of hydrogen-bond acceptors (Lipinski definition) is 3. The third-order valence-corrected chi connectivity index (χ3v) is 5.41. The van der Waals surface area contributed by atoms with E-state index in [0.717, 1.165) is 29.7 Å². The average Bonchev–Trinajstić information content (AvgIpc) is 3.15. The molecule has 0 unspecified atom stereocenters. The molecule has 0 atom stereocenters. The monoisotopic (exact) mass is 361 g/mol. The second-order valence-electron chi connectivity index (χ2n) is 5.64. The summed E-state index contributed by atoms with van der Waals surface area (Å²) in [7, 11) is 1.84. The number of anilines is 1. The van der Waals surface area contributed by atoms with Gasteiger partial charge in [-0.2, -0.15) is 5.10 Å². The smallest absolute Gasteiger partial charge is 0.276 e. The fourth-order valence-electron chi connectivity index (χ4n) is 3.07. The van der Waals surface area contributed by atoms with Crippen LogP contribution in [-0.2, 0) is 19.9 Å². The molecule has 1 aromatic carbocycles. The van der Waals surface area contributed by atoms with E-state index in [4.69, 9.17) is 11.6 Å². The van der Waals surface area contributed by atoms with Gasteiger partial charge in [0, 0.05) is 28.7 Å². The lowest BCUT2D eigenvalue weighted by Gasteiger charge is -2.13. The fourth-order valence-corrected chi connectivity index (χ4v) is 4.13. The third kappa shape index (κ3) is 2.42. The summed E-state index contributed by atoms with van der Waals surface area (Å²) in [5.74, 6) is -0.830. The fraction of sp³-hybridized carbons (Fsp3) is 0.176. The number of thiophene rings is 1. The van der Waals surface area contributed by atoms with Crippen molar-refractivity contribution < 1.29 is 9.18 Å². The van der Waals surface area contributed by atoms with Crippen LogP contribution < -0.4 is 5.32 Å². The van der Waals surface area contributed by atoms with Crippen molar-refractivity contribution in [2.45, 2.75) is 12.8 Å². The van der Waals surface area contributed by atoms with Gasteiger partial charge in [-0.25, -0.2) is 4.39 Å². The van der Waals surface area contributed by atoms with E-state index in [1.54, 1.807) is 16.0 Å². The maximum absolute atomic E-state index is 13.2. The molecular weight excluding hydrogens is 349 g/mol. The van der Waals surface area contributed by atoms with Crippen molar-refractivity contribution in [1.82, 2.24) is 9.78 Å². The summed E-state index contributed by atoms with van der Waals surface area (Å²) >= 11 is 7.49. The van der Waals surface area contributed by atoms with Crippen molar-refractivity contribution in [2.75, 3.05) is 5.32 Å². The largest absolute Gasteiger partial charge is 0.321 e. The van der Waals surface area contributed by atoms with E-state index in [1.165, 1.54) is 23.1 Å². The van der Waals surface area contributed by atoms with Gasteiger partial charge in [0.2, 0.25) is 0 Å². The van der Waals surface area contributed by atoms with Gasteiger partial charge in [-0.3, -0.25) is 9.48 Å². The topological polar surface area (TPSA) is 46.9 Å². The van der Waals surface area contributed by atoms with Gasteiger partial charge in [-0.05, 0) is 42.5 Å². The number of nitrogens with zero attached hydrogens (tertiary/aromatic N) is 2. The van der Waals surface area contributed by atoms with Crippen LogP contribution in [0.2, 0.25) is 5.02 Å². The Bertz CT molecular complexity index is 963. The Labute approximate surface area is 146 Å². The number of amides is 1. The number of fused-ring (bicyclic) bond motifs is 3. The van der Waals surface area contributed by atoms with Crippen LogP contribution in [-0.4, -0.2) is 15.7 Å². The predicted molar refractivity (Wildman–Crippen MR) is 93.3 cm³/mol. The van der Waals surface area contributed by atoms with Crippen LogP contribution in [0.4, 0.5) is 10.1 Å². The van der Waals surface area contributed by atoms with Gasteiger partial charge in [0.15, 0.2) is 5.69 Å². The zero-order valence-electron chi connectivity index (χ0n) is 12.8. The summed E-state index contributed by atoms with van der Waals surface area (Å²) in [6.07, 6.45) is 1.69. The van der Waals surface area contributed by atoms with Crippen molar-refractivity contribution >= 4 is 34.5 Å². The molecule has 3 aromatic rings. The van der Waals surface area contributed by atoms with E-state index in [0.29, 0.717) is 11.4 Å². The highest BCUT2D eigenvalue weighted by Crippen LogP contribution is 2.37. The second kappa shape index (κ2) is 5.72. The number of carbonyl (C=O) groups excluding carboxylic acids is 1. The van der Waals surface area contributed by atoms with E-state index >= 15 is 0 Å². The first kappa shape index (κ1) is 15.4. The Morgan fingerprint density at radius 2 is 2.21 bits per heavy atom. The molecule has 0 saturated carbocycles. The lowest BCUT2D eigenvalue weighted by atomic mass is 9.94. The van der Waals surface area contributed by atoms with Crippen molar-refractivity contribution in [3.05, 3.63) is 56.6 Å². The van der Waals surface area contributed by atoms with Crippen LogP contribution in [0.5, 0.6) is 0 Å². The van der Waals surface area contributed by atoms with Gasteiger partial charge in [0.1, 0.15) is 5.82 Å². The molecule has 0 bridgehead atoms. The summed E-state index contributed by atoms with van der Waals surface area (Å²) < 4.78 is 15.0. The first-order valence-corrected chi connectivity index (χ1v) is 8.69. The number of halogens is 2. The Morgan fingerprint density at radius 1 is 1.38 bits per heavy atom. The van der Waals surface area contributed by atoms with E-state index < -0.39 is 5.82 Å². The number of aromatic nitrogens is 2. The molecule has 7 heteroatoms. The lowest BCUT2D eigenvalue weighted by Crippen LogP contribution is -2.15. The van der Waals surface area contributed by atoms with Crippen LogP contribution >= 0.6 is 22.9 Å². The first-order chi connectivity index (χ1) is 11.5. The van der Waals surface area contributed by atoms with Crippen molar-refractivity contribution in [2.24, 2.45) is 7.05 Å². The van der Waals surface area contributed by atoms with Gasteiger partial charge in [-0.1, -0.05) is 11.6 Å². The van der Waals surface area contributed by atoms with Crippen LogP contribution in [0.3, 0.4) is 0 Å². The Kier molecular flexibility index (Phi) is 3.66. The van der Waals surface area contributed by atoms with Gasteiger partial charge < -0.3 is 5.32 Å². The SMILES string of the molecule is Cn1nc(C(=O)Nc2ccc(F)c(Cl)c2)c2c1-c1ccsc1CC2. The molecule has 0 saturated heterocycles. The Hall–Kier alpha value is -2.18. The van der Waals surface area contributed by atoms with Gasteiger partial charge >= 0.3 is 0 Å². The second-order valence-corrected chi connectivity index (χ2v) is 7.05. The molecule has 1 N–H and O–H groups in total. The number of nitrogens with one attached hydrogen (secondary N) is 1. The molecule has 4 nitrogen and oxygen atoms in total. The molecule has 1 aliphatic rings. The first-order valence-electron chi connectivity index (χ1n) is 7.43. The molecule has 122 valence electrons. The zero-order chi connectivity index (χ0) is 16.8. The van der Waals surface area contributed by atoms with E-state index in [9.17, 15) is 9.18 Å². The number of aryl methyl sites for hydroxylation is 2. The lowest BCUT2D eigenvalue weighted by molar-refractivity contribution is 0.102. The normalized spacial score (nSPS) is 12.6. The number of hydrogen-bond donors (Lipinski definition) is 1. The van der Waals surface area contributed by atoms with E-state index in [-0.39, 0.29) is 10.9 Å². The summed E-state index contributed by atoms with van der Waals surface area (Å²) in [4.78, 5) is 13.9. The molecule has 4 rings (SSSR count). The van der Waals surface area contributed by atoms with Gasteiger partial charge in [0.05, 0.1) is 10.7 Å². The van der Waals surface area contributed by atoms with Crippen molar-refractivity contribution in [3.8, 4) is 11.3 Å². The number of benzene rings is 1. The maximum atomic E-state index is 13.2. The Balaban J connectivity index is 1.69.